The Labute approximate surface area is 196 Å². The van der Waals surface area contributed by atoms with E-state index < -0.39 is 23.4 Å². The van der Waals surface area contributed by atoms with Gasteiger partial charge >= 0.3 is 0 Å². The summed E-state index contributed by atoms with van der Waals surface area (Å²) < 4.78 is 15.6. The Kier molecular flexibility index (Phi) is 8.38. The van der Waals surface area contributed by atoms with Crippen molar-refractivity contribution in [2.45, 2.75) is 57.5 Å². The van der Waals surface area contributed by atoms with Crippen molar-refractivity contribution in [1.82, 2.24) is 10.4 Å². The van der Waals surface area contributed by atoms with Gasteiger partial charge in [0.25, 0.3) is 5.91 Å². The Morgan fingerprint density at radius 3 is 2.06 bits per heavy atom. The number of hydrogen-bond acceptors (Lipinski definition) is 4. The number of ketones is 1. The fraction of sp³-hybridized carbons (Fsp3) is 0.481. The van der Waals surface area contributed by atoms with E-state index in [-0.39, 0.29) is 11.7 Å². The van der Waals surface area contributed by atoms with Crippen LogP contribution in [-0.4, -0.2) is 47.1 Å². The third-order valence-electron chi connectivity index (χ3n) is 6.51. The van der Waals surface area contributed by atoms with E-state index in [1.54, 1.807) is 48.5 Å². The lowest BCUT2D eigenvalue weighted by Gasteiger charge is -2.24. The molecular weight excluding hydrogens is 419 g/mol. The number of rotatable bonds is 12. The second kappa shape index (κ2) is 11.0. The Morgan fingerprint density at radius 1 is 1.00 bits per heavy atom. The number of carbonyl (C=O) groups excluding carboxylic acids is 2. The first-order valence-electron chi connectivity index (χ1n) is 11.9. The third-order valence-corrected chi connectivity index (χ3v) is 6.51. The summed E-state index contributed by atoms with van der Waals surface area (Å²) in [5, 5.41) is 9.08. The first-order chi connectivity index (χ1) is 15.9. The largest absolute Gasteiger partial charge is 0.303 e. The molecule has 2 aromatic rings. The van der Waals surface area contributed by atoms with Gasteiger partial charge in [-0.05, 0) is 43.0 Å². The van der Waals surface area contributed by atoms with Crippen LogP contribution in [-0.2, 0) is 4.79 Å². The van der Waals surface area contributed by atoms with E-state index in [4.69, 9.17) is 5.21 Å². The maximum atomic E-state index is 15.6. The Morgan fingerprint density at radius 2 is 1.55 bits per heavy atom. The van der Waals surface area contributed by atoms with Gasteiger partial charge in [-0.15, -0.1) is 0 Å². The standard InChI is InChI=1S/C27H35FN2O3/c1-4-15-30(16-5-2)18-19(3)17-23(31)20-11-13-22(14-12-20)25-24(21-9-7-6-8-10-21)27(25,28)26(32)29-33/h6-14,19,24-25,33H,4-5,15-18H2,1-3H3,(H,29,32)/t19-,24-,25-,27+/m1/s1. The monoisotopic (exact) mass is 454 g/mol. The van der Waals surface area contributed by atoms with Crippen molar-refractivity contribution in [1.29, 1.82) is 0 Å². The molecule has 0 unspecified atom stereocenters. The van der Waals surface area contributed by atoms with Crippen molar-refractivity contribution in [2.24, 2.45) is 5.92 Å². The minimum Gasteiger partial charge on any atom is -0.303 e. The molecule has 0 bridgehead atoms. The maximum absolute atomic E-state index is 15.6. The molecule has 0 spiro atoms. The molecule has 1 aliphatic rings. The number of hydroxylamine groups is 1. The minimum absolute atomic E-state index is 0.0667. The highest BCUT2D eigenvalue weighted by atomic mass is 19.1. The van der Waals surface area contributed by atoms with Crippen molar-refractivity contribution < 1.29 is 19.2 Å². The van der Waals surface area contributed by atoms with E-state index in [1.807, 2.05) is 6.07 Å². The van der Waals surface area contributed by atoms with Crippen LogP contribution in [0.25, 0.3) is 0 Å². The predicted octanol–water partition coefficient (Wildman–Crippen LogP) is 5.11. The number of Topliss-reactive ketones (excluding diaryl/α,β-unsaturated/α-hetero) is 1. The van der Waals surface area contributed by atoms with Gasteiger partial charge in [-0.1, -0.05) is 75.4 Å². The number of nitrogens with zero attached hydrogens (tertiary/aromatic N) is 1. The summed E-state index contributed by atoms with van der Waals surface area (Å²) in [6.07, 6.45) is 2.65. The molecule has 33 heavy (non-hydrogen) atoms. The fourth-order valence-corrected chi connectivity index (χ4v) is 5.00. The molecule has 0 radical (unpaired) electrons. The zero-order valence-corrected chi connectivity index (χ0v) is 19.8. The predicted molar refractivity (Wildman–Crippen MR) is 127 cm³/mol. The lowest BCUT2D eigenvalue weighted by Crippen LogP contribution is -2.33. The molecule has 4 atom stereocenters. The molecule has 0 heterocycles. The molecule has 0 aliphatic heterocycles. The zero-order valence-electron chi connectivity index (χ0n) is 19.8. The van der Waals surface area contributed by atoms with Crippen LogP contribution < -0.4 is 5.48 Å². The van der Waals surface area contributed by atoms with Crippen LogP contribution >= 0.6 is 0 Å². The fourth-order valence-electron chi connectivity index (χ4n) is 5.00. The van der Waals surface area contributed by atoms with Gasteiger partial charge in [0.15, 0.2) is 5.78 Å². The van der Waals surface area contributed by atoms with E-state index in [0.717, 1.165) is 32.5 Å². The number of carbonyl (C=O) groups is 2. The molecule has 1 fully saturated rings. The Balaban J connectivity index is 1.70. The number of amides is 1. The molecule has 6 heteroatoms. The average Bonchev–Trinajstić information content (AvgIpc) is 3.46. The van der Waals surface area contributed by atoms with Gasteiger partial charge in [-0.3, -0.25) is 14.8 Å². The normalized spacial score (nSPS) is 22.7. The van der Waals surface area contributed by atoms with Gasteiger partial charge in [0.05, 0.1) is 0 Å². The van der Waals surface area contributed by atoms with Crippen LogP contribution in [0.4, 0.5) is 4.39 Å². The zero-order chi connectivity index (χ0) is 24.0. The topological polar surface area (TPSA) is 69.6 Å². The van der Waals surface area contributed by atoms with E-state index in [0.29, 0.717) is 23.1 Å². The van der Waals surface area contributed by atoms with Crippen LogP contribution in [0.15, 0.2) is 54.6 Å². The van der Waals surface area contributed by atoms with Crippen LogP contribution in [0.2, 0.25) is 0 Å². The molecule has 178 valence electrons. The van der Waals surface area contributed by atoms with Crippen LogP contribution in [0.1, 0.15) is 73.4 Å². The summed E-state index contributed by atoms with van der Waals surface area (Å²) >= 11 is 0. The smallest absolute Gasteiger partial charge is 0.282 e. The highest BCUT2D eigenvalue weighted by Gasteiger charge is 2.72. The Bertz CT molecular complexity index is 928. The molecule has 1 amide bonds. The molecular formula is C27H35FN2O3. The van der Waals surface area contributed by atoms with E-state index >= 15 is 4.39 Å². The first-order valence-corrected chi connectivity index (χ1v) is 11.9. The van der Waals surface area contributed by atoms with Gasteiger partial charge in [0.1, 0.15) is 0 Å². The van der Waals surface area contributed by atoms with Crippen molar-refractivity contribution in [3.05, 3.63) is 71.3 Å². The van der Waals surface area contributed by atoms with E-state index in [9.17, 15) is 9.59 Å². The minimum atomic E-state index is -2.22. The van der Waals surface area contributed by atoms with E-state index in [1.165, 1.54) is 5.48 Å². The van der Waals surface area contributed by atoms with Crippen LogP contribution in [0.3, 0.4) is 0 Å². The number of alkyl halides is 1. The summed E-state index contributed by atoms with van der Waals surface area (Å²) in [6, 6.07) is 15.9. The highest BCUT2D eigenvalue weighted by Crippen LogP contribution is 2.66. The second-order valence-corrected chi connectivity index (χ2v) is 9.23. The summed E-state index contributed by atoms with van der Waals surface area (Å²) in [5.41, 5.74) is 1.19. The van der Waals surface area contributed by atoms with Gasteiger partial charge in [0, 0.05) is 30.4 Å². The van der Waals surface area contributed by atoms with Gasteiger partial charge in [-0.2, -0.15) is 0 Å². The number of hydrogen-bond donors (Lipinski definition) is 2. The molecule has 2 aromatic carbocycles. The lowest BCUT2D eigenvalue weighted by atomic mass is 9.97. The second-order valence-electron chi connectivity index (χ2n) is 9.23. The molecule has 1 aliphatic carbocycles. The van der Waals surface area contributed by atoms with Crippen LogP contribution in [0.5, 0.6) is 0 Å². The molecule has 1 saturated carbocycles. The lowest BCUT2D eigenvalue weighted by molar-refractivity contribution is -0.136. The summed E-state index contributed by atoms with van der Waals surface area (Å²) in [7, 11) is 0. The molecule has 3 rings (SSSR count). The average molecular weight is 455 g/mol. The van der Waals surface area contributed by atoms with Gasteiger partial charge in [-0.25, -0.2) is 9.87 Å². The van der Waals surface area contributed by atoms with E-state index in [2.05, 4.69) is 25.7 Å². The van der Waals surface area contributed by atoms with Crippen LogP contribution in [0, 0.1) is 5.92 Å². The molecule has 2 N–H and O–H groups in total. The first kappa shape index (κ1) is 25.1. The number of benzene rings is 2. The number of nitrogens with one attached hydrogen (secondary N) is 1. The van der Waals surface area contributed by atoms with Crippen molar-refractivity contribution >= 4 is 11.7 Å². The summed E-state index contributed by atoms with van der Waals surface area (Å²) in [4.78, 5) is 27.4. The molecule has 5 nitrogen and oxygen atoms in total. The maximum Gasteiger partial charge on any atom is 0.282 e. The quantitative estimate of drug-likeness (QED) is 0.266. The van der Waals surface area contributed by atoms with Gasteiger partial charge in [0.2, 0.25) is 5.67 Å². The SMILES string of the molecule is CCCN(CCC)C[C@H](C)CC(=O)c1ccc([C@@H]2[C@@H](c3ccccc3)[C@@]2(F)C(=O)NO)cc1. The summed E-state index contributed by atoms with van der Waals surface area (Å²) in [5.74, 6) is -2.13. The molecule has 0 saturated heterocycles. The highest BCUT2D eigenvalue weighted by molar-refractivity contribution is 5.96. The number of halogens is 1. The molecule has 0 aromatic heterocycles. The van der Waals surface area contributed by atoms with Gasteiger partial charge < -0.3 is 4.90 Å². The van der Waals surface area contributed by atoms with Crippen molar-refractivity contribution in [3.8, 4) is 0 Å². The summed E-state index contributed by atoms with van der Waals surface area (Å²) in [6.45, 7) is 9.41. The third kappa shape index (κ3) is 5.50. The van der Waals surface area contributed by atoms with Crippen molar-refractivity contribution in [3.63, 3.8) is 0 Å². The van der Waals surface area contributed by atoms with Crippen molar-refractivity contribution in [2.75, 3.05) is 19.6 Å². The Hall–Kier alpha value is -2.57.